The van der Waals surface area contributed by atoms with Crippen LogP contribution in [0.3, 0.4) is 0 Å². The molecule has 3 unspecified atom stereocenters. The highest BCUT2D eigenvalue weighted by molar-refractivity contribution is 7.47. The Balaban J connectivity index is 4.27. The van der Waals surface area contributed by atoms with Crippen molar-refractivity contribution in [1.82, 2.24) is 0 Å². The van der Waals surface area contributed by atoms with Crippen LogP contribution in [0.1, 0.15) is 110 Å². The molecule has 0 aromatic heterocycles. The van der Waals surface area contributed by atoms with Gasteiger partial charge in [0.15, 0.2) is 6.10 Å². The molecule has 0 saturated heterocycles. The zero-order valence-electron chi connectivity index (χ0n) is 26.0. The maximum absolute atomic E-state index is 12.4. The van der Waals surface area contributed by atoms with Gasteiger partial charge in [0, 0.05) is 12.8 Å². The molecule has 43 heavy (non-hydrogen) atoms. The molecule has 0 aliphatic carbocycles. The molecule has 248 valence electrons. The number of nitrogens with two attached hydrogens (primary N) is 1. The van der Waals surface area contributed by atoms with Crippen molar-refractivity contribution in [3.63, 3.8) is 0 Å². The minimum Gasteiger partial charge on any atom is -0.480 e. The van der Waals surface area contributed by atoms with E-state index >= 15 is 0 Å². The summed E-state index contributed by atoms with van der Waals surface area (Å²) in [5.74, 6) is -2.44. The summed E-state index contributed by atoms with van der Waals surface area (Å²) in [5, 5.41) is 8.77. The Bertz CT molecular complexity index is 890. The molecule has 12 heteroatoms. The van der Waals surface area contributed by atoms with Crippen LogP contribution in [-0.4, -0.2) is 59.9 Å². The second-order valence-electron chi connectivity index (χ2n) is 10.2. The van der Waals surface area contributed by atoms with E-state index in [4.69, 9.17) is 24.8 Å². The summed E-state index contributed by atoms with van der Waals surface area (Å²) in [4.78, 5) is 44.8. The predicted molar refractivity (Wildman–Crippen MR) is 166 cm³/mol. The molecule has 0 radical (unpaired) electrons. The van der Waals surface area contributed by atoms with E-state index in [-0.39, 0.29) is 19.4 Å². The van der Waals surface area contributed by atoms with E-state index < -0.39 is 51.1 Å². The Morgan fingerprint density at radius 3 is 1.93 bits per heavy atom. The Labute approximate surface area is 257 Å². The smallest absolute Gasteiger partial charge is 0.472 e. The number of hydrogen-bond donors (Lipinski definition) is 3. The van der Waals surface area contributed by atoms with Gasteiger partial charge >= 0.3 is 25.7 Å². The third kappa shape index (κ3) is 27.0. The molecule has 4 N–H and O–H groups in total. The molecule has 0 rings (SSSR count). The minimum absolute atomic E-state index is 0.148. The number of phosphoric acid groups is 1. The molecule has 0 bridgehead atoms. The number of rotatable bonds is 28. The zero-order valence-corrected chi connectivity index (χ0v) is 26.9. The van der Waals surface area contributed by atoms with Crippen LogP contribution in [0.4, 0.5) is 0 Å². The number of allylic oxidation sites excluding steroid dienone is 6. The average molecular weight is 632 g/mol. The van der Waals surface area contributed by atoms with Crippen molar-refractivity contribution in [3.05, 3.63) is 36.5 Å². The van der Waals surface area contributed by atoms with Crippen molar-refractivity contribution in [1.29, 1.82) is 0 Å². The summed E-state index contributed by atoms with van der Waals surface area (Å²) in [7, 11) is -4.69. The largest absolute Gasteiger partial charge is 0.480 e. The number of carboxylic acid groups (broad SMARTS) is 1. The highest BCUT2D eigenvalue weighted by Gasteiger charge is 2.28. The monoisotopic (exact) mass is 631 g/mol. The van der Waals surface area contributed by atoms with Gasteiger partial charge in [0.2, 0.25) is 0 Å². The van der Waals surface area contributed by atoms with Crippen LogP contribution < -0.4 is 5.73 Å². The second kappa shape index (κ2) is 27.3. The lowest BCUT2D eigenvalue weighted by atomic mass is 10.1. The van der Waals surface area contributed by atoms with Crippen LogP contribution >= 0.6 is 7.82 Å². The van der Waals surface area contributed by atoms with Crippen molar-refractivity contribution in [2.75, 3.05) is 19.8 Å². The molecule has 3 atom stereocenters. The normalized spacial score (nSPS) is 14.7. The summed E-state index contributed by atoms with van der Waals surface area (Å²) >= 11 is 0. The first kappa shape index (κ1) is 40.7. The van der Waals surface area contributed by atoms with Gasteiger partial charge in [-0.2, -0.15) is 0 Å². The van der Waals surface area contributed by atoms with Crippen LogP contribution in [0, 0.1) is 0 Å². The first-order valence-corrected chi connectivity index (χ1v) is 17.0. The number of hydrogen-bond acceptors (Lipinski definition) is 9. The van der Waals surface area contributed by atoms with Crippen LogP contribution in [0.25, 0.3) is 0 Å². The third-order valence-corrected chi connectivity index (χ3v) is 7.10. The summed E-state index contributed by atoms with van der Waals surface area (Å²) in [6.45, 7) is 2.35. The van der Waals surface area contributed by atoms with E-state index in [1.54, 1.807) is 0 Å². The van der Waals surface area contributed by atoms with Crippen LogP contribution in [-0.2, 0) is 37.5 Å². The molecular weight excluding hydrogens is 577 g/mol. The molecule has 0 saturated carbocycles. The van der Waals surface area contributed by atoms with Crippen molar-refractivity contribution < 1.29 is 47.5 Å². The number of carboxylic acids is 1. The first-order chi connectivity index (χ1) is 20.6. The van der Waals surface area contributed by atoms with Crippen molar-refractivity contribution in [2.24, 2.45) is 5.73 Å². The maximum atomic E-state index is 12.4. The molecule has 0 aromatic rings. The number of esters is 2. The number of aliphatic carboxylic acids is 1. The fourth-order valence-corrected chi connectivity index (χ4v) is 4.42. The standard InChI is InChI=1S/C31H54NO10P/c1-3-5-7-8-9-10-11-12-13-14-15-16-17-18-19-20-21-23-30(34)42-27(24-39-29(33)22-6-4-2)25-40-43(37,38)41-26-28(32)31(35)36/h5,7,9-10,12-13,27-28H,3-4,6,8,11,14-26,32H2,1-2H3,(H,35,36)(H,37,38)/b7-5-,10-9-,13-12-. The van der Waals surface area contributed by atoms with Gasteiger partial charge in [0.05, 0.1) is 13.2 Å². The van der Waals surface area contributed by atoms with E-state index in [2.05, 4.69) is 47.9 Å². The highest BCUT2D eigenvalue weighted by Crippen LogP contribution is 2.43. The van der Waals surface area contributed by atoms with E-state index in [1.165, 1.54) is 6.42 Å². The highest BCUT2D eigenvalue weighted by atomic mass is 31.2. The van der Waals surface area contributed by atoms with Crippen LogP contribution in [0.5, 0.6) is 0 Å². The number of carbonyl (C=O) groups excluding carboxylic acids is 2. The van der Waals surface area contributed by atoms with Gasteiger partial charge in [-0.25, -0.2) is 4.57 Å². The topological polar surface area (TPSA) is 172 Å². The van der Waals surface area contributed by atoms with E-state index in [1.807, 2.05) is 6.92 Å². The van der Waals surface area contributed by atoms with Gasteiger partial charge in [-0.1, -0.05) is 88.8 Å². The molecule has 0 aromatic carbocycles. The molecule has 11 nitrogen and oxygen atoms in total. The van der Waals surface area contributed by atoms with Gasteiger partial charge in [-0.15, -0.1) is 0 Å². The molecule has 0 amide bonds. The number of phosphoric ester groups is 1. The van der Waals surface area contributed by atoms with Crippen LogP contribution in [0.2, 0.25) is 0 Å². The molecule has 0 heterocycles. The van der Waals surface area contributed by atoms with Gasteiger partial charge in [-0.05, 0) is 44.9 Å². The summed E-state index contributed by atoms with van der Waals surface area (Å²) in [5.41, 5.74) is 5.26. The summed E-state index contributed by atoms with van der Waals surface area (Å²) in [6.07, 6.45) is 25.0. The molecular formula is C31H54NO10P. The zero-order chi connectivity index (χ0) is 32.2. The fourth-order valence-electron chi connectivity index (χ4n) is 3.64. The minimum atomic E-state index is -4.69. The van der Waals surface area contributed by atoms with E-state index in [0.29, 0.717) is 12.8 Å². The van der Waals surface area contributed by atoms with Gasteiger partial charge in [0.1, 0.15) is 12.6 Å². The van der Waals surface area contributed by atoms with E-state index in [0.717, 1.165) is 64.2 Å². The fraction of sp³-hybridized carbons (Fsp3) is 0.710. The molecule has 0 spiro atoms. The number of unbranched alkanes of at least 4 members (excludes halogenated alkanes) is 8. The number of carbonyl (C=O) groups is 3. The van der Waals surface area contributed by atoms with E-state index in [9.17, 15) is 23.8 Å². The third-order valence-electron chi connectivity index (χ3n) is 6.15. The van der Waals surface area contributed by atoms with Crippen molar-refractivity contribution >= 4 is 25.7 Å². The van der Waals surface area contributed by atoms with Crippen LogP contribution in [0.15, 0.2) is 36.5 Å². The first-order valence-electron chi connectivity index (χ1n) is 15.5. The molecule has 0 fully saturated rings. The van der Waals surface area contributed by atoms with Gasteiger partial charge < -0.3 is 25.2 Å². The predicted octanol–water partition coefficient (Wildman–Crippen LogP) is 6.55. The Kier molecular flexibility index (Phi) is 25.8. The second-order valence-corrected chi connectivity index (χ2v) is 11.7. The molecule has 0 aliphatic heterocycles. The lowest BCUT2D eigenvalue weighted by Crippen LogP contribution is -2.34. The Morgan fingerprint density at radius 1 is 0.744 bits per heavy atom. The van der Waals surface area contributed by atoms with Crippen molar-refractivity contribution in [3.8, 4) is 0 Å². The SMILES string of the molecule is CC/C=C\C/C=C\C/C=C\CCCCCCCCCC(=O)OC(COC(=O)CCCC)COP(=O)(O)OCC(N)C(=O)O. The Hall–Kier alpha value is -2.30. The number of ether oxygens (including phenoxy) is 2. The average Bonchev–Trinajstić information content (AvgIpc) is 2.97. The van der Waals surface area contributed by atoms with Crippen molar-refractivity contribution in [2.45, 2.75) is 122 Å². The Morgan fingerprint density at radius 2 is 1.30 bits per heavy atom. The lowest BCUT2D eigenvalue weighted by Gasteiger charge is -2.20. The lowest BCUT2D eigenvalue weighted by molar-refractivity contribution is -0.161. The quantitative estimate of drug-likeness (QED) is 0.0370. The van der Waals surface area contributed by atoms with Gasteiger partial charge in [0.25, 0.3) is 0 Å². The summed E-state index contributed by atoms with van der Waals surface area (Å²) < 4.78 is 31.9. The maximum Gasteiger partial charge on any atom is 0.472 e. The summed E-state index contributed by atoms with van der Waals surface area (Å²) in [6, 6.07) is -1.52. The molecule has 0 aliphatic rings. The van der Waals surface area contributed by atoms with Gasteiger partial charge in [-0.3, -0.25) is 23.4 Å².